The number of halogens is 4. The summed E-state index contributed by atoms with van der Waals surface area (Å²) >= 11 is 5.49. The molecule has 8 nitrogen and oxygen atoms in total. The Bertz CT molecular complexity index is 1080. The number of amides is 2. The Morgan fingerprint density at radius 2 is 1.72 bits per heavy atom. The fraction of sp³-hybridized carbons (Fsp3) is 0.263. The van der Waals surface area contributed by atoms with Gasteiger partial charge in [0.1, 0.15) is 5.75 Å². The second-order valence-electron chi connectivity index (χ2n) is 6.42. The Balaban J connectivity index is 1.88. The summed E-state index contributed by atoms with van der Waals surface area (Å²) in [6.07, 6.45) is -5.03. The zero-order valence-corrected chi connectivity index (χ0v) is 18.0. The number of hydrogen-bond acceptors (Lipinski definition) is 5. The molecule has 0 bridgehead atoms. The molecule has 0 aliphatic rings. The first-order chi connectivity index (χ1) is 14.9. The Hall–Kier alpha value is -2.83. The van der Waals surface area contributed by atoms with Crippen molar-refractivity contribution in [1.29, 1.82) is 0 Å². The number of hydrogen-bond donors (Lipinski definition) is 3. The molecule has 0 atom stereocenters. The molecule has 2 amide bonds. The highest BCUT2D eigenvalue weighted by atomic mass is 35.5. The number of carbonyl (C=O) groups excluding carboxylic acids is 2. The molecule has 32 heavy (non-hydrogen) atoms. The van der Waals surface area contributed by atoms with Gasteiger partial charge in [-0.25, -0.2) is 13.1 Å². The second-order valence-corrected chi connectivity index (χ2v) is 8.60. The first-order valence-electron chi connectivity index (χ1n) is 9.06. The first kappa shape index (κ1) is 25.4. The van der Waals surface area contributed by atoms with Gasteiger partial charge in [-0.15, -0.1) is 0 Å². The van der Waals surface area contributed by atoms with E-state index < -0.39 is 43.5 Å². The van der Waals surface area contributed by atoms with Gasteiger partial charge in [0.25, 0.3) is 0 Å². The van der Waals surface area contributed by atoms with Gasteiger partial charge in [-0.3, -0.25) is 9.59 Å². The molecular weight excluding hydrogens is 475 g/mol. The van der Waals surface area contributed by atoms with Crippen LogP contribution in [-0.4, -0.2) is 33.4 Å². The van der Waals surface area contributed by atoms with Crippen molar-refractivity contribution >= 4 is 39.1 Å². The maximum atomic E-state index is 12.9. The van der Waals surface area contributed by atoms with Gasteiger partial charge in [0, 0.05) is 18.7 Å². The predicted octanol–water partition coefficient (Wildman–Crippen LogP) is 2.92. The SMILES string of the molecule is NC(=O)CCOc1ccc(NC(=O)CCNS(=O)(=O)c2ccc(Cl)c(C(F)(F)F)c2)cc1. The molecule has 2 aromatic carbocycles. The highest BCUT2D eigenvalue weighted by Crippen LogP contribution is 2.35. The van der Waals surface area contributed by atoms with Crippen molar-refractivity contribution in [2.75, 3.05) is 18.5 Å². The summed E-state index contributed by atoms with van der Waals surface area (Å²) < 4.78 is 70.6. The van der Waals surface area contributed by atoms with E-state index in [1.54, 1.807) is 12.1 Å². The largest absolute Gasteiger partial charge is 0.493 e. The van der Waals surface area contributed by atoms with E-state index in [1.165, 1.54) is 12.1 Å². The van der Waals surface area contributed by atoms with Gasteiger partial charge in [-0.05, 0) is 42.5 Å². The number of nitrogens with one attached hydrogen (secondary N) is 2. The van der Waals surface area contributed by atoms with Crippen LogP contribution in [0.2, 0.25) is 5.02 Å². The van der Waals surface area contributed by atoms with E-state index in [9.17, 15) is 31.2 Å². The van der Waals surface area contributed by atoms with Crippen molar-refractivity contribution in [3.63, 3.8) is 0 Å². The lowest BCUT2D eigenvalue weighted by Gasteiger charge is -2.12. The Morgan fingerprint density at radius 3 is 2.31 bits per heavy atom. The van der Waals surface area contributed by atoms with Crippen LogP contribution in [0, 0.1) is 0 Å². The third-order valence-electron chi connectivity index (χ3n) is 3.95. The molecule has 0 heterocycles. The highest BCUT2D eigenvalue weighted by molar-refractivity contribution is 7.89. The monoisotopic (exact) mass is 493 g/mol. The topological polar surface area (TPSA) is 128 Å². The van der Waals surface area contributed by atoms with Crippen molar-refractivity contribution in [2.45, 2.75) is 23.9 Å². The Kier molecular flexibility index (Phi) is 8.47. The number of alkyl halides is 3. The van der Waals surface area contributed by atoms with Crippen LogP contribution < -0.4 is 20.5 Å². The number of benzene rings is 2. The van der Waals surface area contributed by atoms with E-state index in [4.69, 9.17) is 22.1 Å². The second kappa shape index (κ2) is 10.7. The van der Waals surface area contributed by atoms with Crippen molar-refractivity contribution < 1.29 is 35.9 Å². The summed E-state index contributed by atoms with van der Waals surface area (Å²) in [5.41, 5.74) is 4.14. The van der Waals surface area contributed by atoms with Crippen LogP contribution in [-0.2, 0) is 25.8 Å². The molecule has 2 aromatic rings. The lowest BCUT2D eigenvalue weighted by molar-refractivity contribution is -0.137. The van der Waals surface area contributed by atoms with Crippen LogP contribution in [0.25, 0.3) is 0 Å². The quantitative estimate of drug-likeness (QED) is 0.469. The third kappa shape index (κ3) is 7.70. The predicted molar refractivity (Wildman–Crippen MR) is 111 cm³/mol. The molecule has 13 heteroatoms. The smallest absolute Gasteiger partial charge is 0.417 e. The summed E-state index contributed by atoms with van der Waals surface area (Å²) in [5, 5.41) is 1.91. The molecule has 0 unspecified atom stereocenters. The highest BCUT2D eigenvalue weighted by Gasteiger charge is 2.34. The summed E-state index contributed by atoms with van der Waals surface area (Å²) in [6.45, 7) is -0.230. The number of rotatable bonds is 10. The average molecular weight is 494 g/mol. The lowest BCUT2D eigenvalue weighted by atomic mass is 10.2. The number of nitrogens with two attached hydrogens (primary N) is 1. The minimum atomic E-state index is -4.81. The van der Waals surface area contributed by atoms with Crippen molar-refractivity contribution in [3.05, 3.63) is 53.1 Å². The molecule has 0 saturated heterocycles. The number of ether oxygens (including phenoxy) is 1. The fourth-order valence-corrected chi connectivity index (χ4v) is 3.68. The number of carbonyl (C=O) groups is 2. The molecule has 0 spiro atoms. The minimum Gasteiger partial charge on any atom is -0.493 e. The molecule has 2 rings (SSSR count). The zero-order valence-electron chi connectivity index (χ0n) is 16.4. The van der Waals surface area contributed by atoms with E-state index in [1.807, 2.05) is 0 Å². The molecule has 0 aliphatic carbocycles. The van der Waals surface area contributed by atoms with E-state index >= 15 is 0 Å². The van der Waals surface area contributed by atoms with Gasteiger partial charge in [-0.2, -0.15) is 13.2 Å². The molecule has 0 radical (unpaired) electrons. The fourth-order valence-electron chi connectivity index (χ4n) is 2.40. The lowest BCUT2D eigenvalue weighted by Crippen LogP contribution is -2.28. The van der Waals surface area contributed by atoms with Crippen molar-refractivity contribution in [3.8, 4) is 5.75 Å². The maximum absolute atomic E-state index is 12.9. The standard InChI is InChI=1S/C19H19ClF3N3O5S/c20-16-6-5-14(11-15(16)19(21,22)23)32(29,30)25-9-7-18(28)26-12-1-3-13(4-2-12)31-10-8-17(24)27/h1-6,11,25H,7-10H2,(H2,24,27)(H,26,28). The summed E-state index contributed by atoms with van der Waals surface area (Å²) in [6, 6.07) is 8.38. The molecule has 0 aliphatic heterocycles. The first-order valence-corrected chi connectivity index (χ1v) is 10.9. The van der Waals surface area contributed by atoms with E-state index in [-0.39, 0.29) is 26.0 Å². The van der Waals surface area contributed by atoms with Crippen LogP contribution in [0.3, 0.4) is 0 Å². The van der Waals surface area contributed by atoms with Gasteiger partial charge in [0.05, 0.1) is 28.5 Å². The van der Waals surface area contributed by atoms with Gasteiger partial charge in [0.15, 0.2) is 0 Å². The normalized spacial score (nSPS) is 11.8. The van der Waals surface area contributed by atoms with Gasteiger partial charge < -0.3 is 15.8 Å². The summed E-state index contributed by atoms with van der Waals surface area (Å²) in [5.74, 6) is -0.568. The van der Waals surface area contributed by atoms with E-state index in [2.05, 4.69) is 10.0 Å². The Morgan fingerprint density at radius 1 is 1.06 bits per heavy atom. The van der Waals surface area contributed by atoms with Crippen LogP contribution >= 0.6 is 11.6 Å². The molecule has 0 fully saturated rings. The average Bonchev–Trinajstić information content (AvgIpc) is 2.68. The van der Waals surface area contributed by atoms with E-state index in [0.29, 0.717) is 17.5 Å². The van der Waals surface area contributed by atoms with Gasteiger partial charge >= 0.3 is 6.18 Å². The molecular formula is C19H19ClF3N3O5S. The summed E-state index contributed by atoms with van der Waals surface area (Å²) in [4.78, 5) is 22.0. The number of sulfonamides is 1. The van der Waals surface area contributed by atoms with Crippen LogP contribution in [0.5, 0.6) is 5.75 Å². The Labute approximate surface area is 186 Å². The van der Waals surface area contributed by atoms with Crippen LogP contribution in [0.15, 0.2) is 47.4 Å². The zero-order chi connectivity index (χ0) is 23.9. The number of anilines is 1. The molecule has 0 aromatic heterocycles. The summed E-state index contributed by atoms with van der Waals surface area (Å²) in [7, 11) is -4.29. The van der Waals surface area contributed by atoms with E-state index in [0.717, 1.165) is 12.1 Å². The maximum Gasteiger partial charge on any atom is 0.417 e. The van der Waals surface area contributed by atoms with Crippen LogP contribution in [0.1, 0.15) is 18.4 Å². The van der Waals surface area contributed by atoms with Gasteiger partial charge in [-0.1, -0.05) is 11.6 Å². The van der Waals surface area contributed by atoms with Crippen molar-refractivity contribution in [2.24, 2.45) is 5.73 Å². The minimum absolute atomic E-state index is 0.0575. The molecule has 4 N–H and O–H groups in total. The third-order valence-corrected chi connectivity index (χ3v) is 5.74. The number of primary amides is 1. The molecule has 0 saturated carbocycles. The van der Waals surface area contributed by atoms with Gasteiger partial charge in [0.2, 0.25) is 21.8 Å². The van der Waals surface area contributed by atoms with Crippen LogP contribution in [0.4, 0.5) is 18.9 Å². The van der Waals surface area contributed by atoms with Crippen molar-refractivity contribution in [1.82, 2.24) is 4.72 Å². The molecule has 174 valence electrons.